The summed E-state index contributed by atoms with van der Waals surface area (Å²) in [5.74, 6) is -0.914. The van der Waals surface area contributed by atoms with Crippen molar-refractivity contribution in [3.05, 3.63) is 0 Å². The van der Waals surface area contributed by atoms with Crippen LogP contribution >= 0.6 is 0 Å². The number of methoxy groups -OCH3 is 1. The molecule has 1 aliphatic rings. The van der Waals surface area contributed by atoms with E-state index in [9.17, 15) is 18.0 Å². The predicted molar refractivity (Wildman–Crippen MR) is 68.8 cm³/mol. The quantitative estimate of drug-likeness (QED) is 0.644. The van der Waals surface area contributed by atoms with Gasteiger partial charge in [-0.3, -0.25) is 9.59 Å². The zero-order valence-electron chi connectivity index (χ0n) is 11.0. The number of esters is 1. The molecule has 110 valence electrons. The molecule has 0 bridgehead atoms. The number of carbonyl (C=O) groups is 2. The summed E-state index contributed by atoms with van der Waals surface area (Å²) in [6.45, 7) is 0.583. The van der Waals surface area contributed by atoms with Gasteiger partial charge in [-0.25, -0.2) is 13.1 Å². The molecule has 0 aromatic heterocycles. The van der Waals surface area contributed by atoms with Gasteiger partial charge in [0, 0.05) is 13.0 Å². The highest BCUT2D eigenvalue weighted by Crippen LogP contribution is 2.07. The van der Waals surface area contributed by atoms with Gasteiger partial charge >= 0.3 is 5.97 Å². The molecule has 2 N–H and O–H groups in total. The van der Waals surface area contributed by atoms with E-state index in [0.717, 1.165) is 12.8 Å². The van der Waals surface area contributed by atoms with Crippen LogP contribution in [0.5, 0.6) is 0 Å². The third-order valence-corrected chi connectivity index (χ3v) is 4.35. The molecule has 1 unspecified atom stereocenters. The minimum atomic E-state index is -3.55. The Hall–Kier alpha value is -1.15. The smallest absolute Gasteiger partial charge is 0.305 e. The van der Waals surface area contributed by atoms with E-state index in [4.69, 9.17) is 0 Å². The molecule has 0 aromatic rings. The fourth-order valence-electron chi connectivity index (χ4n) is 1.84. The first-order valence-corrected chi connectivity index (χ1v) is 7.94. The van der Waals surface area contributed by atoms with E-state index >= 15 is 0 Å². The van der Waals surface area contributed by atoms with Crippen LogP contribution in [0.25, 0.3) is 0 Å². The Labute approximate surface area is 113 Å². The standard InChI is InChI=1S/C11H20N2O5S/c1-18-10(14)6-4-8-19(16,17)13-9-5-2-3-7-12-11(9)15/h9,13H,2-8H2,1H3,(H,12,15). The maximum absolute atomic E-state index is 11.8. The van der Waals surface area contributed by atoms with Crippen molar-refractivity contribution in [1.29, 1.82) is 0 Å². The van der Waals surface area contributed by atoms with E-state index in [1.807, 2.05) is 0 Å². The summed E-state index contributed by atoms with van der Waals surface area (Å²) >= 11 is 0. The summed E-state index contributed by atoms with van der Waals surface area (Å²) in [4.78, 5) is 22.5. The van der Waals surface area contributed by atoms with Crippen molar-refractivity contribution in [3.63, 3.8) is 0 Å². The average Bonchev–Trinajstić information content (AvgIpc) is 2.54. The number of ether oxygens (including phenoxy) is 1. The lowest BCUT2D eigenvalue weighted by Gasteiger charge is -2.15. The van der Waals surface area contributed by atoms with Crippen molar-refractivity contribution < 1.29 is 22.7 Å². The van der Waals surface area contributed by atoms with Crippen LogP contribution in [-0.4, -0.2) is 45.7 Å². The molecule has 0 radical (unpaired) electrons. The highest BCUT2D eigenvalue weighted by Gasteiger charge is 2.25. The van der Waals surface area contributed by atoms with Crippen LogP contribution in [0, 0.1) is 0 Å². The van der Waals surface area contributed by atoms with Crippen LogP contribution in [0.3, 0.4) is 0 Å². The first-order chi connectivity index (χ1) is 8.94. The molecule has 0 spiro atoms. The Morgan fingerprint density at radius 3 is 2.89 bits per heavy atom. The number of amides is 1. The number of rotatable bonds is 6. The molecular weight excluding hydrogens is 272 g/mol. The predicted octanol–water partition coefficient (Wildman–Crippen LogP) is -0.472. The van der Waals surface area contributed by atoms with Gasteiger partial charge in [-0.2, -0.15) is 0 Å². The SMILES string of the molecule is COC(=O)CCCS(=O)(=O)NC1CCCCNC1=O. The Morgan fingerprint density at radius 1 is 1.47 bits per heavy atom. The normalized spacial score (nSPS) is 20.5. The molecule has 1 saturated heterocycles. The molecule has 19 heavy (non-hydrogen) atoms. The van der Waals surface area contributed by atoms with Crippen molar-refractivity contribution in [2.45, 2.75) is 38.1 Å². The lowest BCUT2D eigenvalue weighted by molar-refractivity contribution is -0.140. The third-order valence-electron chi connectivity index (χ3n) is 2.88. The van der Waals surface area contributed by atoms with E-state index in [1.54, 1.807) is 0 Å². The van der Waals surface area contributed by atoms with Crippen molar-refractivity contribution in [2.75, 3.05) is 19.4 Å². The van der Waals surface area contributed by atoms with Gasteiger partial charge in [0.15, 0.2) is 0 Å². The van der Waals surface area contributed by atoms with Gasteiger partial charge in [-0.1, -0.05) is 0 Å². The van der Waals surface area contributed by atoms with Crippen LogP contribution in [0.15, 0.2) is 0 Å². The molecule has 0 aliphatic carbocycles. The largest absolute Gasteiger partial charge is 0.469 e. The van der Waals surface area contributed by atoms with E-state index in [2.05, 4.69) is 14.8 Å². The zero-order chi connectivity index (χ0) is 14.3. The average molecular weight is 292 g/mol. The van der Waals surface area contributed by atoms with Gasteiger partial charge in [0.1, 0.15) is 6.04 Å². The van der Waals surface area contributed by atoms with Gasteiger partial charge in [-0.15, -0.1) is 0 Å². The second kappa shape index (κ2) is 7.44. The van der Waals surface area contributed by atoms with E-state index in [0.29, 0.717) is 13.0 Å². The van der Waals surface area contributed by atoms with Gasteiger partial charge in [-0.05, 0) is 25.7 Å². The minimum Gasteiger partial charge on any atom is -0.469 e. The molecule has 1 aliphatic heterocycles. The zero-order valence-corrected chi connectivity index (χ0v) is 11.8. The number of carbonyl (C=O) groups excluding carboxylic acids is 2. The van der Waals surface area contributed by atoms with Crippen molar-refractivity contribution >= 4 is 21.9 Å². The van der Waals surface area contributed by atoms with Crippen LogP contribution in [0.1, 0.15) is 32.1 Å². The van der Waals surface area contributed by atoms with Crippen LogP contribution < -0.4 is 10.0 Å². The summed E-state index contributed by atoms with van der Waals surface area (Å²) < 4.78 is 30.4. The maximum atomic E-state index is 11.8. The Balaban J connectivity index is 2.44. The first kappa shape index (κ1) is 15.9. The molecule has 7 nitrogen and oxygen atoms in total. The summed E-state index contributed by atoms with van der Waals surface area (Å²) in [6, 6.07) is -0.703. The molecule has 0 aromatic carbocycles. The van der Waals surface area contributed by atoms with Crippen molar-refractivity contribution in [3.8, 4) is 0 Å². The lowest BCUT2D eigenvalue weighted by atomic mass is 10.1. The van der Waals surface area contributed by atoms with Gasteiger partial charge in [0.25, 0.3) is 0 Å². The highest BCUT2D eigenvalue weighted by molar-refractivity contribution is 7.89. The topological polar surface area (TPSA) is 102 Å². The Kier molecular flexibility index (Phi) is 6.23. The molecule has 1 rings (SSSR count). The molecule has 1 atom stereocenters. The lowest BCUT2D eigenvalue weighted by Crippen LogP contribution is -2.46. The molecule has 1 heterocycles. The second-order valence-corrected chi connectivity index (χ2v) is 6.33. The molecule has 8 heteroatoms. The van der Waals surface area contributed by atoms with Gasteiger partial charge in [0.05, 0.1) is 12.9 Å². The monoisotopic (exact) mass is 292 g/mol. The van der Waals surface area contributed by atoms with E-state index in [-0.39, 0.29) is 24.5 Å². The van der Waals surface area contributed by atoms with Crippen LogP contribution in [-0.2, 0) is 24.3 Å². The molecular formula is C11H20N2O5S. The molecule has 0 saturated carbocycles. The van der Waals surface area contributed by atoms with Gasteiger partial charge in [0.2, 0.25) is 15.9 Å². The number of nitrogens with one attached hydrogen (secondary N) is 2. The van der Waals surface area contributed by atoms with Crippen molar-refractivity contribution in [2.24, 2.45) is 0 Å². The fourth-order valence-corrected chi connectivity index (χ4v) is 3.14. The third kappa shape index (κ3) is 6.02. The minimum absolute atomic E-state index is 0.0499. The maximum Gasteiger partial charge on any atom is 0.305 e. The Morgan fingerprint density at radius 2 is 2.21 bits per heavy atom. The summed E-state index contributed by atoms with van der Waals surface area (Å²) in [5, 5.41) is 2.66. The van der Waals surface area contributed by atoms with Crippen LogP contribution in [0.2, 0.25) is 0 Å². The Bertz CT molecular complexity index is 421. The number of sulfonamides is 1. The number of hydrogen-bond donors (Lipinski definition) is 2. The first-order valence-electron chi connectivity index (χ1n) is 6.29. The molecule has 1 fully saturated rings. The second-order valence-electron chi connectivity index (χ2n) is 4.46. The number of hydrogen-bond acceptors (Lipinski definition) is 5. The summed E-state index contributed by atoms with van der Waals surface area (Å²) in [6.07, 6.45) is 2.38. The molecule has 1 amide bonds. The van der Waals surface area contributed by atoms with Crippen molar-refractivity contribution in [1.82, 2.24) is 10.0 Å². The highest BCUT2D eigenvalue weighted by atomic mass is 32.2. The summed E-state index contributed by atoms with van der Waals surface area (Å²) in [5.41, 5.74) is 0. The fraction of sp³-hybridized carbons (Fsp3) is 0.818. The van der Waals surface area contributed by atoms with E-state index < -0.39 is 22.0 Å². The van der Waals surface area contributed by atoms with E-state index in [1.165, 1.54) is 7.11 Å². The van der Waals surface area contributed by atoms with Crippen LogP contribution in [0.4, 0.5) is 0 Å². The summed E-state index contributed by atoms with van der Waals surface area (Å²) in [7, 11) is -2.30. The van der Waals surface area contributed by atoms with Gasteiger partial charge < -0.3 is 10.1 Å².